The minimum absolute atomic E-state index is 0.0504. The second-order valence-electron chi connectivity index (χ2n) is 6.82. The molecule has 0 saturated carbocycles. The van der Waals surface area contributed by atoms with E-state index < -0.39 is 0 Å². The normalized spacial score (nSPS) is 16.9. The van der Waals surface area contributed by atoms with Crippen LogP contribution in [0.15, 0.2) is 67.1 Å². The van der Waals surface area contributed by atoms with E-state index in [-0.39, 0.29) is 12.6 Å². The van der Waals surface area contributed by atoms with Gasteiger partial charge in [0.2, 0.25) is 0 Å². The van der Waals surface area contributed by atoms with Crippen molar-refractivity contribution in [1.82, 2.24) is 9.97 Å². The van der Waals surface area contributed by atoms with E-state index in [2.05, 4.69) is 44.0 Å². The van der Waals surface area contributed by atoms with Crippen molar-refractivity contribution in [3.05, 3.63) is 78.2 Å². The number of benzene rings is 2. The number of hydrogen-bond acceptors (Lipinski definition) is 6. The molecule has 1 unspecified atom stereocenters. The van der Waals surface area contributed by atoms with Crippen LogP contribution in [0.5, 0.6) is 5.75 Å². The predicted molar refractivity (Wildman–Crippen MR) is 110 cm³/mol. The molecule has 3 aromatic rings. The first-order valence-electron chi connectivity index (χ1n) is 9.40. The first-order valence-corrected chi connectivity index (χ1v) is 9.40. The lowest BCUT2D eigenvalue weighted by Gasteiger charge is -2.43. The van der Waals surface area contributed by atoms with Crippen molar-refractivity contribution in [3.8, 4) is 5.75 Å². The van der Waals surface area contributed by atoms with Crippen molar-refractivity contribution < 1.29 is 9.84 Å². The third-order valence-corrected chi connectivity index (χ3v) is 5.19. The number of hydrogen-bond donors (Lipinski definition) is 1. The maximum atomic E-state index is 9.36. The summed E-state index contributed by atoms with van der Waals surface area (Å²) in [5, 5.41) is 9.36. The number of nitrogens with zero attached hydrogens (tertiary/aromatic N) is 4. The van der Waals surface area contributed by atoms with Crippen LogP contribution in [0.1, 0.15) is 17.2 Å². The minimum atomic E-state index is 0.0504. The van der Waals surface area contributed by atoms with Gasteiger partial charge in [-0.1, -0.05) is 30.3 Å². The van der Waals surface area contributed by atoms with E-state index in [0.717, 1.165) is 42.5 Å². The van der Waals surface area contributed by atoms with Gasteiger partial charge in [0.1, 0.15) is 11.6 Å². The smallest absolute Gasteiger partial charge is 0.147 e. The maximum Gasteiger partial charge on any atom is 0.147 e. The van der Waals surface area contributed by atoms with Crippen LogP contribution in [0, 0.1) is 0 Å². The summed E-state index contributed by atoms with van der Waals surface area (Å²) in [5.74, 6) is 1.74. The van der Waals surface area contributed by atoms with Gasteiger partial charge in [0.05, 0.1) is 26.0 Å². The summed E-state index contributed by atoms with van der Waals surface area (Å²) in [6.07, 6.45) is 5.24. The maximum absolute atomic E-state index is 9.36. The molecule has 1 atom stereocenters. The monoisotopic (exact) mass is 376 g/mol. The SMILES string of the molecule is COc1cccc(N2CCN(c3cnccn3)C(c3ccc(CO)cc3)C2)c1. The van der Waals surface area contributed by atoms with Crippen LogP contribution in [0.25, 0.3) is 0 Å². The third-order valence-electron chi connectivity index (χ3n) is 5.19. The number of piperazine rings is 1. The highest BCUT2D eigenvalue weighted by atomic mass is 16.5. The van der Waals surface area contributed by atoms with Crippen molar-refractivity contribution in [2.45, 2.75) is 12.6 Å². The molecule has 0 amide bonds. The van der Waals surface area contributed by atoms with E-state index >= 15 is 0 Å². The predicted octanol–water partition coefficient (Wildman–Crippen LogP) is 3.05. The van der Waals surface area contributed by atoms with Gasteiger partial charge in [0.25, 0.3) is 0 Å². The van der Waals surface area contributed by atoms with Gasteiger partial charge in [0.15, 0.2) is 0 Å². The van der Waals surface area contributed by atoms with Gasteiger partial charge in [-0.25, -0.2) is 4.98 Å². The van der Waals surface area contributed by atoms with Crippen molar-refractivity contribution in [1.29, 1.82) is 0 Å². The lowest BCUT2D eigenvalue weighted by molar-refractivity contribution is 0.282. The summed E-state index contributed by atoms with van der Waals surface area (Å²) in [5.41, 5.74) is 3.25. The number of aromatic nitrogens is 2. The summed E-state index contributed by atoms with van der Waals surface area (Å²) in [4.78, 5) is 13.4. The molecule has 6 nitrogen and oxygen atoms in total. The van der Waals surface area contributed by atoms with Gasteiger partial charge in [-0.2, -0.15) is 0 Å². The average molecular weight is 376 g/mol. The Morgan fingerprint density at radius 2 is 1.96 bits per heavy atom. The number of aliphatic hydroxyl groups is 1. The van der Waals surface area contributed by atoms with Crippen molar-refractivity contribution in [3.63, 3.8) is 0 Å². The lowest BCUT2D eigenvalue weighted by Crippen LogP contribution is -2.49. The molecule has 1 aliphatic rings. The van der Waals surface area contributed by atoms with Crippen molar-refractivity contribution >= 4 is 11.5 Å². The molecular weight excluding hydrogens is 352 g/mol. The second kappa shape index (κ2) is 8.27. The zero-order valence-electron chi connectivity index (χ0n) is 15.9. The van der Waals surface area contributed by atoms with Crippen molar-refractivity contribution in [2.75, 3.05) is 36.5 Å². The highest BCUT2D eigenvalue weighted by Gasteiger charge is 2.29. The third kappa shape index (κ3) is 3.77. The molecule has 4 rings (SSSR count). The topological polar surface area (TPSA) is 61.7 Å². The summed E-state index contributed by atoms with van der Waals surface area (Å²) < 4.78 is 5.39. The number of rotatable bonds is 5. The van der Waals surface area contributed by atoms with Crippen LogP contribution < -0.4 is 14.5 Å². The van der Waals surface area contributed by atoms with Gasteiger partial charge in [-0.15, -0.1) is 0 Å². The van der Waals surface area contributed by atoms with E-state index in [1.165, 1.54) is 5.56 Å². The van der Waals surface area contributed by atoms with E-state index in [0.29, 0.717) is 0 Å². The molecule has 1 N–H and O–H groups in total. The quantitative estimate of drug-likeness (QED) is 0.739. The molecule has 0 radical (unpaired) electrons. The molecule has 144 valence electrons. The molecule has 0 bridgehead atoms. The van der Waals surface area contributed by atoms with Crippen LogP contribution >= 0.6 is 0 Å². The fraction of sp³-hybridized carbons (Fsp3) is 0.273. The van der Waals surface area contributed by atoms with E-state index in [4.69, 9.17) is 4.74 Å². The largest absolute Gasteiger partial charge is 0.497 e. The van der Waals surface area contributed by atoms with Gasteiger partial charge in [-0.05, 0) is 23.3 Å². The van der Waals surface area contributed by atoms with Crippen molar-refractivity contribution in [2.24, 2.45) is 0 Å². The molecule has 1 aliphatic heterocycles. The van der Waals surface area contributed by atoms with Crippen LogP contribution in [-0.4, -0.2) is 41.8 Å². The summed E-state index contributed by atoms with van der Waals surface area (Å²) in [6, 6.07) is 16.5. The zero-order chi connectivity index (χ0) is 19.3. The minimum Gasteiger partial charge on any atom is -0.497 e. The zero-order valence-corrected chi connectivity index (χ0v) is 15.9. The lowest BCUT2D eigenvalue weighted by atomic mass is 10.0. The molecule has 0 spiro atoms. The van der Waals surface area contributed by atoms with E-state index in [1.54, 1.807) is 19.5 Å². The highest BCUT2D eigenvalue weighted by Crippen LogP contribution is 2.32. The summed E-state index contributed by atoms with van der Waals surface area (Å²) >= 11 is 0. The Bertz CT molecular complexity index is 902. The van der Waals surface area contributed by atoms with Gasteiger partial charge in [-0.3, -0.25) is 4.98 Å². The first kappa shape index (κ1) is 18.3. The molecule has 0 aliphatic carbocycles. The number of anilines is 2. The summed E-state index contributed by atoms with van der Waals surface area (Å²) in [7, 11) is 1.69. The fourth-order valence-electron chi connectivity index (χ4n) is 3.67. The van der Waals surface area contributed by atoms with Crippen LogP contribution in [-0.2, 0) is 6.61 Å². The summed E-state index contributed by atoms with van der Waals surface area (Å²) in [6.45, 7) is 2.59. The molecule has 6 heteroatoms. The standard InChI is InChI=1S/C22H24N4O2/c1-28-20-4-2-3-19(13-20)25-11-12-26(22-14-23-9-10-24-22)21(15-25)18-7-5-17(16-27)6-8-18/h2-10,13-14,21,27H,11-12,15-16H2,1H3. The second-order valence-corrected chi connectivity index (χ2v) is 6.82. The number of methoxy groups -OCH3 is 1. The number of aliphatic hydroxyl groups excluding tert-OH is 1. The molecule has 1 saturated heterocycles. The van der Waals surface area contributed by atoms with Gasteiger partial charge >= 0.3 is 0 Å². The molecule has 1 aromatic heterocycles. The Morgan fingerprint density at radius 1 is 1.11 bits per heavy atom. The molecular formula is C22H24N4O2. The van der Waals surface area contributed by atoms with Crippen LogP contribution in [0.4, 0.5) is 11.5 Å². The van der Waals surface area contributed by atoms with Crippen LogP contribution in [0.3, 0.4) is 0 Å². The Labute approximate surface area is 165 Å². The Morgan fingerprint density at radius 3 is 2.68 bits per heavy atom. The Kier molecular flexibility index (Phi) is 5.39. The molecule has 28 heavy (non-hydrogen) atoms. The van der Waals surface area contributed by atoms with E-state index in [1.807, 2.05) is 30.5 Å². The van der Waals surface area contributed by atoms with E-state index in [9.17, 15) is 5.11 Å². The number of ether oxygens (including phenoxy) is 1. The van der Waals surface area contributed by atoms with Gasteiger partial charge in [0, 0.05) is 43.8 Å². The Balaban J connectivity index is 1.66. The van der Waals surface area contributed by atoms with Crippen LogP contribution in [0.2, 0.25) is 0 Å². The highest BCUT2D eigenvalue weighted by molar-refractivity contribution is 5.54. The first-order chi connectivity index (χ1) is 13.8. The van der Waals surface area contributed by atoms with Gasteiger partial charge < -0.3 is 19.6 Å². The fourth-order valence-corrected chi connectivity index (χ4v) is 3.67. The Hall–Kier alpha value is -3.12. The molecule has 1 fully saturated rings. The molecule has 2 heterocycles. The average Bonchev–Trinajstić information content (AvgIpc) is 2.79. The molecule has 2 aromatic carbocycles.